The molecule has 2 N–H and O–H groups in total. The average molecular weight is 341 g/mol. The molecule has 5 heteroatoms. The standard InChI is InChI=1S/C20H27N3O2/c1-14(16-12-8-10-15-9-6-7-11-17(15)16)23-19(21-5)22-13-18(24)25-20(2,3)4/h6-12,14H,13H2,1-5H3,(H2,21,22,23). The maximum absolute atomic E-state index is 11.8. The van der Waals surface area contributed by atoms with Crippen LogP contribution in [-0.2, 0) is 9.53 Å². The van der Waals surface area contributed by atoms with Crippen molar-refractivity contribution < 1.29 is 9.53 Å². The molecule has 0 spiro atoms. The van der Waals surface area contributed by atoms with Gasteiger partial charge in [0.05, 0.1) is 6.04 Å². The number of ether oxygens (including phenoxy) is 1. The molecule has 2 rings (SSSR count). The topological polar surface area (TPSA) is 62.7 Å². The van der Waals surface area contributed by atoms with Crippen LogP contribution >= 0.6 is 0 Å². The Labute approximate surface area is 149 Å². The van der Waals surface area contributed by atoms with Gasteiger partial charge in [-0.15, -0.1) is 0 Å². The predicted octanol–water partition coefficient (Wildman–Crippen LogP) is 3.41. The van der Waals surface area contributed by atoms with Crippen molar-refractivity contribution in [2.24, 2.45) is 4.99 Å². The molecule has 0 bridgehead atoms. The Hall–Kier alpha value is -2.56. The van der Waals surface area contributed by atoms with Crippen LogP contribution in [0, 0.1) is 0 Å². The third-order valence-corrected chi connectivity index (χ3v) is 3.69. The average Bonchev–Trinajstić information content (AvgIpc) is 2.56. The second-order valence-electron chi connectivity index (χ2n) is 6.95. The first-order valence-electron chi connectivity index (χ1n) is 8.47. The molecule has 0 aliphatic carbocycles. The molecule has 0 saturated heterocycles. The number of rotatable bonds is 4. The van der Waals surface area contributed by atoms with Crippen LogP contribution in [0.4, 0.5) is 0 Å². The zero-order chi connectivity index (χ0) is 18.4. The molecule has 25 heavy (non-hydrogen) atoms. The highest BCUT2D eigenvalue weighted by Gasteiger charge is 2.17. The largest absolute Gasteiger partial charge is 0.459 e. The van der Waals surface area contributed by atoms with Gasteiger partial charge < -0.3 is 15.4 Å². The molecule has 0 heterocycles. The molecule has 134 valence electrons. The number of hydrogen-bond donors (Lipinski definition) is 2. The molecule has 0 amide bonds. The number of aliphatic imine (C=N–C) groups is 1. The van der Waals surface area contributed by atoms with Gasteiger partial charge in [-0.1, -0.05) is 42.5 Å². The van der Waals surface area contributed by atoms with Crippen LogP contribution in [0.5, 0.6) is 0 Å². The van der Waals surface area contributed by atoms with E-state index in [2.05, 4.69) is 46.8 Å². The number of nitrogens with one attached hydrogen (secondary N) is 2. The SMILES string of the molecule is CN=C(NCC(=O)OC(C)(C)C)NC(C)c1cccc2ccccc12. The number of nitrogens with zero attached hydrogens (tertiary/aromatic N) is 1. The van der Waals surface area contributed by atoms with Gasteiger partial charge in [-0.2, -0.15) is 0 Å². The summed E-state index contributed by atoms with van der Waals surface area (Å²) in [5.41, 5.74) is 0.685. The molecule has 2 aromatic carbocycles. The van der Waals surface area contributed by atoms with E-state index in [0.29, 0.717) is 5.96 Å². The smallest absolute Gasteiger partial charge is 0.325 e. The van der Waals surface area contributed by atoms with Crippen molar-refractivity contribution in [1.29, 1.82) is 0 Å². The lowest BCUT2D eigenvalue weighted by Crippen LogP contribution is -2.42. The Morgan fingerprint density at radius 2 is 1.84 bits per heavy atom. The molecule has 1 unspecified atom stereocenters. The maximum Gasteiger partial charge on any atom is 0.325 e. The van der Waals surface area contributed by atoms with Crippen LogP contribution in [0.15, 0.2) is 47.5 Å². The monoisotopic (exact) mass is 341 g/mol. The first-order chi connectivity index (χ1) is 11.8. The lowest BCUT2D eigenvalue weighted by molar-refractivity contribution is -0.153. The van der Waals surface area contributed by atoms with E-state index in [-0.39, 0.29) is 18.6 Å². The number of fused-ring (bicyclic) bond motifs is 1. The molecule has 0 aromatic heterocycles. The lowest BCUT2D eigenvalue weighted by Gasteiger charge is -2.22. The molecule has 0 aliphatic heterocycles. The van der Waals surface area contributed by atoms with Crippen molar-refractivity contribution in [3.05, 3.63) is 48.0 Å². The van der Waals surface area contributed by atoms with Crippen LogP contribution in [-0.4, -0.2) is 31.1 Å². The fourth-order valence-electron chi connectivity index (χ4n) is 2.64. The van der Waals surface area contributed by atoms with E-state index >= 15 is 0 Å². The molecule has 2 aromatic rings. The number of guanidine groups is 1. The second kappa shape index (κ2) is 8.01. The molecule has 0 saturated carbocycles. The summed E-state index contributed by atoms with van der Waals surface area (Å²) < 4.78 is 5.30. The van der Waals surface area contributed by atoms with Gasteiger partial charge in [0.15, 0.2) is 5.96 Å². The first-order valence-corrected chi connectivity index (χ1v) is 8.47. The molecule has 0 fully saturated rings. The highest BCUT2D eigenvalue weighted by atomic mass is 16.6. The minimum Gasteiger partial charge on any atom is -0.459 e. The minimum absolute atomic E-state index is 0.0379. The van der Waals surface area contributed by atoms with E-state index in [1.807, 2.05) is 39.0 Å². The zero-order valence-electron chi connectivity index (χ0n) is 15.6. The number of hydrogen-bond acceptors (Lipinski definition) is 3. The fraction of sp³-hybridized carbons (Fsp3) is 0.400. The Morgan fingerprint density at radius 3 is 2.52 bits per heavy atom. The highest BCUT2D eigenvalue weighted by Crippen LogP contribution is 2.23. The van der Waals surface area contributed by atoms with E-state index in [4.69, 9.17) is 4.74 Å². The van der Waals surface area contributed by atoms with Crippen molar-refractivity contribution in [2.75, 3.05) is 13.6 Å². The van der Waals surface area contributed by atoms with Crippen molar-refractivity contribution in [3.63, 3.8) is 0 Å². The van der Waals surface area contributed by atoms with Gasteiger partial charge in [0.25, 0.3) is 0 Å². The Balaban J connectivity index is 2.02. The third kappa shape index (κ3) is 5.48. The van der Waals surface area contributed by atoms with E-state index in [1.165, 1.54) is 16.3 Å². The third-order valence-electron chi connectivity index (χ3n) is 3.69. The number of benzene rings is 2. The fourth-order valence-corrected chi connectivity index (χ4v) is 2.64. The highest BCUT2D eigenvalue weighted by molar-refractivity contribution is 5.88. The Morgan fingerprint density at radius 1 is 1.16 bits per heavy atom. The van der Waals surface area contributed by atoms with Gasteiger partial charge >= 0.3 is 5.97 Å². The van der Waals surface area contributed by atoms with Crippen LogP contribution < -0.4 is 10.6 Å². The van der Waals surface area contributed by atoms with E-state index < -0.39 is 5.60 Å². The van der Waals surface area contributed by atoms with Crippen molar-refractivity contribution in [3.8, 4) is 0 Å². The number of carbonyl (C=O) groups excluding carboxylic acids is 1. The van der Waals surface area contributed by atoms with E-state index in [0.717, 1.165) is 0 Å². The van der Waals surface area contributed by atoms with Crippen LogP contribution in [0.25, 0.3) is 10.8 Å². The molecule has 1 atom stereocenters. The summed E-state index contributed by atoms with van der Waals surface area (Å²) in [6, 6.07) is 14.6. The molecule has 0 aliphatic rings. The van der Waals surface area contributed by atoms with Gasteiger partial charge in [-0.05, 0) is 44.0 Å². The quantitative estimate of drug-likeness (QED) is 0.508. The van der Waals surface area contributed by atoms with Gasteiger partial charge in [0.1, 0.15) is 12.1 Å². The van der Waals surface area contributed by atoms with Gasteiger partial charge in [0, 0.05) is 7.05 Å². The zero-order valence-corrected chi connectivity index (χ0v) is 15.6. The van der Waals surface area contributed by atoms with Crippen LogP contribution in [0.1, 0.15) is 39.3 Å². The van der Waals surface area contributed by atoms with Gasteiger partial charge in [0.2, 0.25) is 0 Å². The van der Waals surface area contributed by atoms with Crippen molar-refractivity contribution >= 4 is 22.7 Å². The van der Waals surface area contributed by atoms with Crippen molar-refractivity contribution in [2.45, 2.75) is 39.3 Å². The minimum atomic E-state index is -0.494. The molecule has 5 nitrogen and oxygen atoms in total. The Kier molecular flexibility index (Phi) is 6.02. The summed E-state index contributed by atoms with van der Waals surface area (Å²) in [5, 5.41) is 8.73. The summed E-state index contributed by atoms with van der Waals surface area (Å²) in [4.78, 5) is 16.0. The molecular formula is C20H27N3O2. The summed E-state index contributed by atoms with van der Waals surface area (Å²) in [5.74, 6) is 0.250. The Bertz CT molecular complexity index is 758. The van der Waals surface area contributed by atoms with Crippen LogP contribution in [0.2, 0.25) is 0 Å². The van der Waals surface area contributed by atoms with E-state index in [1.54, 1.807) is 7.05 Å². The van der Waals surface area contributed by atoms with Crippen molar-refractivity contribution in [1.82, 2.24) is 10.6 Å². The summed E-state index contributed by atoms with van der Waals surface area (Å²) in [6.07, 6.45) is 0. The number of esters is 1. The molecule has 0 radical (unpaired) electrons. The lowest BCUT2D eigenvalue weighted by atomic mass is 10.00. The van der Waals surface area contributed by atoms with Crippen LogP contribution in [0.3, 0.4) is 0 Å². The second-order valence-corrected chi connectivity index (χ2v) is 6.95. The van der Waals surface area contributed by atoms with Gasteiger partial charge in [-0.25, -0.2) is 0 Å². The normalized spacial score (nSPS) is 13.4. The summed E-state index contributed by atoms with van der Waals surface area (Å²) in [6.45, 7) is 7.68. The molecular weight excluding hydrogens is 314 g/mol. The number of carbonyl (C=O) groups is 1. The van der Waals surface area contributed by atoms with E-state index in [9.17, 15) is 4.79 Å². The van der Waals surface area contributed by atoms with Gasteiger partial charge in [-0.3, -0.25) is 9.79 Å². The summed E-state index contributed by atoms with van der Waals surface area (Å²) >= 11 is 0. The first kappa shape index (κ1) is 18.8. The maximum atomic E-state index is 11.8. The summed E-state index contributed by atoms with van der Waals surface area (Å²) in [7, 11) is 1.68. The predicted molar refractivity (Wildman–Crippen MR) is 103 cm³/mol.